The van der Waals surface area contributed by atoms with E-state index in [1.165, 1.54) is 0 Å². The first-order valence-corrected chi connectivity index (χ1v) is 7.55. The van der Waals surface area contributed by atoms with Crippen LogP contribution in [0.25, 0.3) is 0 Å². The van der Waals surface area contributed by atoms with Gasteiger partial charge >= 0.3 is 0 Å². The van der Waals surface area contributed by atoms with Crippen LogP contribution in [0.2, 0.25) is 0 Å². The summed E-state index contributed by atoms with van der Waals surface area (Å²) in [4.78, 5) is 12.4. The Balaban J connectivity index is 2.14. The van der Waals surface area contributed by atoms with Gasteiger partial charge in [-0.15, -0.1) is 0 Å². The summed E-state index contributed by atoms with van der Waals surface area (Å²) < 4.78 is 10.5. The van der Waals surface area contributed by atoms with Crippen LogP contribution in [0.15, 0.2) is 42.5 Å². The van der Waals surface area contributed by atoms with E-state index >= 15 is 0 Å². The van der Waals surface area contributed by atoms with E-state index in [-0.39, 0.29) is 12.3 Å². The van der Waals surface area contributed by atoms with Gasteiger partial charge < -0.3 is 14.8 Å². The third-order valence-corrected chi connectivity index (χ3v) is 3.68. The first-order valence-electron chi connectivity index (χ1n) is 7.55. The molecule has 1 amide bonds. The van der Waals surface area contributed by atoms with Crippen molar-refractivity contribution in [3.8, 4) is 17.6 Å². The summed E-state index contributed by atoms with van der Waals surface area (Å²) >= 11 is 0. The van der Waals surface area contributed by atoms with Crippen LogP contribution < -0.4 is 14.8 Å². The van der Waals surface area contributed by atoms with Crippen molar-refractivity contribution >= 4 is 11.6 Å². The molecule has 0 saturated heterocycles. The molecule has 0 aliphatic rings. The minimum atomic E-state index is -0.812. The molecule has 2 rings (SSSR count). The molecule has 0 saturated carbocycles. The van der Waals surface area contributed by atoms with E-state index in [0.717, 1.165) is 11.1 Å². The van der Waals surface area contributed by atoms with Crippen LogP contribution in [0.1, 0.15) is 11.1 Å². The van der Waals surface area contributed by atoms with E-state index in [1.54, 1.807) is 32.4 Å². The van der Waals surface area contributed by atoms with Gasteiger partial charge in [-0.2, -0.15) is 5.26 Å². The molecular weight excluding hydrogens is 304 g/mol. The van der Waals surface area contributed by atoms with Gasteiger partial charge in [-0.25, -0.2) is 0 Å². The molecule has 0 fully saturated rings. The molecule has 0 aliphatic carbocycles. The zero-order valence-electron chi connectivity index (χ0n) is 14.0. The molecule has 0 aliphatic heterocycles. The molecule has 5 heteroatoms. The molecule has 0 radical (unpaired) electrons. The molecule has 2 aromatic rings. The van der Waals surface area contributed by atoms with Gasteiger partial charge in [0.2, 0.25) is 5.91 Å². The number of nitriles is 1. The number of hydrogen-bond donors (Lipinski definition) is 1. The highest BCUT2D eigenvalue weighted by Gasteiger charge is 2.20. The fourth-order valence-corrected chi connectivity index (χ4v) is 2.39. The first kappa shape index (κ1) is 17.4. The maximum Gasteiger partial charge on any atom is 0.242 e. The number of anilines is 1. The molecule has 124 valence electrons. The Kier molecular flexibility index (Phi) is 5.80. The molecule has 1 atom stereocenters. The lowest BCUT2D eigenvalue weighted by molar-refractivity contribution is -0.118. The van der Waals surface area contributed by atoms with Gasteiger partial charge in [0.05, 0.1) is 20.3 Å². The Morgan fingerprint density at radius 1 is 1.21 bits per heavy atom. The van der Waals surface area contributed by atoms with Crippen LogP contribution in [0.4, 0.5) is 5.69 Å². The van der Waals surface area contributed by atoms with Crippen LogP contribution in [0.3, 0.4) is 0 Å². The fraction of sp³-hybridized carbons (Fsp3) is 0.263. The highest BCUT2D eigenvalue weighted by molar-refractivity contribution is 5.94. The topological polar surface area (TPSA) is 71.3 Å². The average Bonchev–Trinajstić information content (AvgIpc) is 2.59. The molecule has 24 heavy (non-hydrogen) atoms. The maximum absolute atomic E-state index is 12.4. The molecular formula is C19H20N2O3. The second-order valence-corrected chi connectivity index (χ2v) is 5.42. The molecule has 0 heterocycles. The van der Waals surface area contributed by atoms with Gasteiger partial charge in [0.25, 0.3) is 0 Å². The van der Waals surface area contributed by atoms with Crippen molar-refractivity contribution in [1.29, 1.82) is 5.26 Å². The quantitative estimate of drug-likeness (QED) is 0.884. The third kappa shape index (κ3) is 4.26. The van der Waals surface area contributed by atoms with Gasteiger partial charge in [-0.05, 0) is 36.2 Å². The maximum atomic E-state index is 12.4. The predicted molar refractivity (Wildman–Crippen MR) is 92.2 cm³/mol. The fourth-order valence-electron chi connectivity index (χ4n) is 2.39. The molecule has 1 N–H and O–H groups in total. The van der Waals surface area contributed by atoms with Crippen molar-refractivity contribution in [3.05, 3.63) is 53.6 Å². The highest BCUT2D eigenvalue weighted by Crippen LogP contribution is 2.27. The second-order valence-electron chi connectivity index (χ2n) is 5.42. The van der Waals surface area contributed by atoms with E-state index in [9.17, 15) is 10.1 Å². The number of ether oxygens (including phenoxy) is 2. The Bertz CT molecular complexity index is 765. The van der Waals surface area contributed by atoms with E-state index in [1.807, 2.05) is 31.2 Å². The first-order chi connectivity index (χ1) is 11.6. The highest BCUT2D eigenvalue weighted by atomic mass is 16.5. The van der Waals surface area contributed by atoms with Crippen molar-refractivity contribution in [3.63, 3.8) is 0 Å². The van der Waals surface area contributed by atoms with E-state index < -0.39 is 5.92 Å². The lowest BCUT2D eigenvalue weighted by atomic mass is 9.98. The van der Waals surface area contributed by atoms with Crippen LogP contribution in [-0.4, -0.2) is 20.1 Å². The Labute approximate surface area is 141 Å². The number of rotatable bonds is 6. The van der Waals surface area contributed by atoms with Crippen molar-refractivity contribution in [2.45, 2.75) is 13.3 Å². The number of carbonyl (C=O) groups is 1. The van der Waals surface area contributed by atoms with E-state index in [0.29, 0.717) is 17.2 Å². The van der Waals surface area contributed by atoms with E-state index in [2.05, 4.69) is 11.4 Å². The number of nitrogens with zero attached hydrogens (tertiary/aromatic N) is 1. The van der Waals surface area contributed by atoms with Gasteiger partial charge in [-0.1, -0.05) is 18.2 Å². The Morgan fingerprint density at radius 2 is 2.00 bits per heavy atom. The summed E-state index contributed by atoms with van der Waals surface area (Å²) in [6.45, 7) is 1.94. The molecule has 5 nitrogen and oxygen atoms in total. The van der Waals surface area contributed by atoms with E-state index in [4.69, 9.17) is 9.47 Å². The lowest BCUT2D eigenvalue weighted by Crippen LogP contribution is -2.23. The van der Waals surface area contributed by atoms with Crippen molar-refractivity contribution in [2.24, 2.45) is 5.92 Å². The summed E-state index contributed by atoms with van der Waals surface area (Å²) in [6.07, 6.45) is 0.265. The van der Waals surface area contributed by atoms with Gasteiger partial charge in [0.1, 0.15) is 17.4 Å². The monoisotopic (exact) mass is 324 g/mol. The third-order valence-electron chi connectivity index (χ3n) is 3.68. The lowest BCUT2D eigenvalue weighted by Gasteiger charge is -2.14. The van der Waals surface area contributed by atoms with Gasteiger partial charge in [0.15, 0.2) is 0 Å². The number of amides is 1. The number of aryl methyl sites for hydroxylation is 1. The summed E-state index contributed by atoms with van der Waals surface area (Å²) in [5.41, 5.74) is 2.50. The molecule has 2 aromatic carbocycles. The largest absolute Gasteiger partial charge is 0.497 e. The second kappa shape index (κ2) is 8.02. The van der Waals surface area contributed by atoms with Crippen LogP contribution in [0.5, 0.6) is 11.5 Å². The summed E-state index contributed by atoms with van der Waals surface area (Å²) in [5, 5.41) is 12.2. The molecule has 0 aromatic heterocycles. The van der Waals surface area contributed by atoms with Crippen LogP contribution >= 0.6 is 0 Å². The van der Waals surface area contributed by atoms with Crippen LogP contribution in [0, 0.1) is 24.2 Å². The van der Waals surface area contributed by atoms with Crippen molar-refractivity contribution in [1.82, 2.24) is 0 Å². The standard InChI is InChI=1S/C19H20N2O3/c1-13-5-4-6-16(9-13)21-19(22)15(12-20)10-14-7-8-17(23-2)11-18(14)24-3/h4-9,11,15H,10H2,1-3H3,(H,21,22). The zero-order valence-corrected chi connectivity index (χ0v) is 14.0. The zero-order chi connectivity index (χ0) is 17.5. The normalized spacial score (nSPS) is 11.2. The summed E-state index contributed by atoms with van der Waals surface area (Å²) in [5.74, 6) is 0.111. The smallest absolute Gasteiger partial charge is 0.242 e. The number of carbonyl (C=O) groups excluding carboxylic acids is 1. The minimum Gasteiger partial charge on any atom is -0.497 e. The van der Waals surface area contributed by atoms with Crippen molar-refractivity contribution in [2.75, 3.05) is 19.5 Å². The number of hydrogen-bond acceptors (Lipinski definition) is 4. The number of methoxy groups -OCH3 is 2. The molecule has 0 spiro atoms. The van der Waals surface area contributed by atoms with Crippen LogP contribution in [-0.2, 0) is 11.2 Å². The molecule has 0 bridgehead atoms. The Hall–Kier alpha value is -3.00. The Morgan fingerprint density at radius 3 is 2.62 bits per heavy atom. The number of nitrogens with one attached hydrogen (secondary N) is 1. The minimum absolute atomic E-state index is 0.265. The molecule has 1 unspecified atom stereocenters. The summed E-state index contributed by atoms with van der Waals surface area (Å²) in [6, 6.07) is 14.9. The average molecular weight is 324 g/mol. The van der Waals surface area contributed by atoms with Crippen molar-refractivity contribution < 1.29 is 14.3 Å². The SMILES string of the molecule is COc1ccc(CC(C#N)C(=O)Nc2cccc(C)c2)c(OC)c1. The van der Waals surface area contributed by atoms with Gasteiger partial charge in [-0.3, -0.25) is 4.79 Å². The predicted octanol–water partition coefficient (Wildman–Crippen LogP) is 3.33. The van der Waals surface area contributed by atoms with Gasteiger partial charge in [0, 0.05) is 18.2 Å². The summed E-state index contributed by atoms with van der Waals surface area (Å²) in [7, 11) is 3.12. The number of benzene rings is 2.